The van der Waals surface area contributed by atoms with Crippen molar-refractivity contribution in [3.63, 3.8) is 0 Å². The van der Waals surface area contributed by atoms with E-state index in [0.717, 1.165) is 0 Å². The fourth-order valence-electron chi connectivity index (χ4n) is 0.741. The molecule has 0 aliphatic carbocycles. The Kier molecular flexibility index (Phi) is 4.33. The average Bonchev–Trinajstić information content (AvgIpc) is 2.00. The number of hydrogen-bond donors (Lipinski definition) is 0. The van der Waals surface area contributed by atoms with Crippen molar-refractivity contribution < 1.29 is 19.1 Å². The summed E-state index contributed by atoms with van der Waals surface area (Å²) >= 11 is 0. The molecule has 0 amide bonds. The average molecular weight is 174 g/mol. The second-order valence-electron chi connectivity index (χ2n) is 2.63. The summed E-state index contributed by atoms with van der Waals surface area (Å²) in [5.41, 5.74) is 0. The van der Waals surface area contributed by atoms with E-state index in [-0.39, 0.29) is 5.97 Å². The van der Waals surface area contributed by atoms with Gasteiger partial charge in [0.1, 0.15) is 6.10 Å². The number of rotatable bonds is 3. The first-order valence-corrected chi connectivity index (χ1v) is 3.74. The van der Waals surface area contributed by atoms with E-state index in [1.54, 1.807) is 13.8 Å². The number of esters is 2. The molecule has 0 aliphatic rings. The van der Waals surface area contributed by atoms with E-state index in [1.807, 2.05) is 0 Å². The van der Waals surface area contributed by atoms with Crippen molar-refractivity contribution in [2.24, 2.45) is 5.92 Å². The van der Waals surface area contributed by atoms with Crippen molar-refractivity contribution in [2.75, 3.05) is 7.11 Å². The second kappa shape index (κ2) is 4.74. The van der Waals surface area contributed by atoms with Gasteiger partial charge in [-0.1, -0.05) is 0 Å². The molecule has 0 heterocycles. The summed E-state index contributed by atoms with van der Waals surface area (Å²) in [6.07, 6.45) is -0.435. The smallest absolute Gasteiger partial charge is 0.312 e. The van der Waals surface area contributed by atoms with Gasteiger partial charge in [0, 0.05) is 6.92 Å². The minimum atomic E-state index is -0.435. The molecule has 0 fully saturated rings. The lowest BCUT2D eigenvalue weighted by Gasteiger charge is -2.16. The lowest BCUT2D eigenvalue weighted by molar-refractivity contribution is -0.156. The van der Waals surface area contributed by atoms with Crippen LogP contribution in [-0.2, 0) is 19.1 Å². The molecule has 0 aromatic heterocycles. The number of ether oxygens (including phenoxy) is 2. The molecule has 0 radical (unpaired) electrons. The van der Waals surface area contributed by atoms with Crippen LogP contribution in [0.2, 0.25) is 0 Å². The van der Waals surface area contributed by atoms with Crippen LogP contribution in [0.1, 0.15) is 20.8 Å². The molecule has 0 bridgehead atoms. The van der Waals surface area contributed by atoms with E-state index in [0.29, 0.717) is 0 Å². The van der Waals surface area contributed by atoms with Gasteiger partial charge in [0.2, 0.25) is 0 Å². The van der Waals surface area contributed by atoms with Gasteiger partial charge in [-0.25, -0.2) is 0 Å². The predicted molar refractivity (Wildman–Crippen MR) is 42.4 cm³/mol. The van der Waals surface area contributed by atoms with Gasteiger partial charge in [0.25, 0.3) is 0 Å². The van der Waals surface area contributed by atoms with Gasteiger partial charge in [-0.05, 0) is 13.8 Å². The number of carbonyl (C=O) groups excluding carboxylic acids is 2. The van der Waals surface area contributed by atoms with Crippen molar-refractivity contribution >= 4 is 11.9 Å². The van der Waals surface area contributed by atoms with Crippen molar-refractivity contribution in [1.82, 2.24) is 0 Å². The van der Waals surface area contributed by atoms with E-state index in [9.17, 15) is 9.59 Å². The Morgan fingerprint density at radius 1 is 1.25 bits per heavy atom. The van der Waals surface area contributed by atoms with Crippen molar-refractivity contribution in [1.29, 1.82) is 0 Å². The van der Waals surface area contributed by atoms with E-state index in [4.69, 9.17) is 4.74 Å². The van der Waals surface area contributed by atoms with Crippen LogP contribution in [0.25, 0.3) is 0 Å². The Bertz CT molecular complexity index is 176. The molecule has 0 aliphatic heterocycles. The Morgan fingerprint density at radius 3 is 2.08 bits per heavy atom. The normalized spacial score (nSPS) is 14.7. The summed E-state index contributed by atoms with van der Waals surface area (Å²) in [6, 6.07) is 0. The Hall–Kier alpha value is -1.06. The molecule has 4 heteroatoms. The molecule has 4 nitrogen and oxygen atoms in total. The Balaban J connectivity index is 4.00. The maximum absolute atomic E-state index is 10.9. The minimum absolute atomic E-state index is 0.372. The molecule has 0 saturated carbocycles. The summed E-state index contributed by atoms with van der Waals surface area (Å²) < 4.78 is 9.28. The van der Waals surface area contributed by atoms with Gasteiger partial charge in [0.05, 0.1) is 13.0 Å². The monoisotopic (exact) mass is 174 g/mol. The SMILES string of the molecule is COC(=O)[C@@H](C)[C@@H](C)OC(C)=O. The highest BCUT2D eigenvalue weighted by molar-refractivity contribution is 5.73. The van der Waals surface area contributed by atoms with E-state index in [2.05, 4.69) is 4.74 Å². The van der Waals surface area contributed by atoms with Gasteiger partial charge >= 0.3 is 11.9 Å². The molecule has 0 unspecified atom stereocenters. The molecular formula is C8H14O4. The van der Waals surface area contributed by atoms with E-state index in [1.165, 1.54) is 14.0 Å². The quantitative estimate of drug-likeness (QED) is 0.592. The Labute approximate surface area is 71.8 Å². The van der Waals surface area contributed by atoms with Crippen LogP contribution in [-0.4, -0.2) is 25.2 Å². The van der Waals surface area contributed by atoms with Crippen LogP contribution in [0.3, 0.4) is 0 Å². The summed E-state index contributed by atoms with van der Waals surface area (Å²) in [5, 5.41) is 0. The standard InChI is InChI=1S/C8H14O4/c1-5(8(10)11-4)6(2)12-7(3)9/h5-6H,1-4H3/t5-,6+/m0/s1. The summed E-state index contributed by atoms with van der Waals surface area (Å²) in [7, 11) is 1.30. The van der Waals surface area contributed by atoms with Gasteiger partial charge in [-0.15, -0.1) is 0 Å². The van der Waals surface area contributed by atoms with Gasteiger partial charge in [0.15, 0.2) is 0 Å². The number of methoxy groups -OCH3 is 1. The topological polar surface area (TPSA) is 52.6 Å². The zero-order chi connectivity index (χ0) is 9.72. The molecule has 0 spiro atoms. The van der Waals surface area contributed by atoms with Gasteiger partial charge in [-0.3, -0.25) is 9.59 Å². The zero-order valence-electron chi connectivity index (χ0n) is 7.79. The fraction of sp³-hybridized carbons (Fsp3) is 0.750. The highest BCUT2D eigenvalue weighted by Crippen LogP contribution is 2.08. The molecule has 70 valence electrons. The van der Waals surface area contributed by atoms with Gasteiger partial charge < -0.3 is 9.47 Å². The van der Waals surface area contributed by atoms with Crippen molar-refractivity contribution in [3.05, 3.63) is 0 Å². The molecule has 12 heavy (non-hydrogen) atoms. The van der Waals surface area contributed by atoms with Crippen LogP contribution >= 0.6 is 0 Å². The maximum atomic E-state index is 10.9. The van der Waals surface area contributed by atoms with Gasteiger partial charge in [-0.2, -0.15) is 0 Å². The minimum Gasteiger partial charge on any atom is -0.469 e. The predicted octanol–water partition coefficient (Wildman–Crippen LogP) is 0.747. The summed E-state index contributed by atoms with van der Waals surface area (Å²) in [6.45, 7) is 4.61. The Morgan fingerprint density at radius 2 is 1.75 bits per heavy atom. The van der Waals surface area contributed by atoms with E-state index < -0.39 is 18.0 Å². The molecule has 0 aromatic rings. The summed E-state index contributed by atoms with van der Waals surface area (Å²) in [4.78, 5) is 21.4. The lowest BCUT2D eigenvalue weighted by Crippen LogP contribution is -2.28. The zero-order valence-corrected chi connectivity index (χ0v) is 7.79. The molecule has 0 aromatic carbocycles. The molecule has 0 N–H and O–H groups in total. The summed E-state index contributed by atoms with van der Waals surface area (Å²) in [5.74, 6) is -1.18. The van der Waals surface area contributed by atoms with Crippen molar-refractivity contribution in [2.45, 2.75) is 26.9 Å². The van der Waals surface area contributed by atoms with Crippen LogP contribution in [0.5, 0.6) is 0 Å². The van der Waals surface area contributed by atoms with E-state index >= 15 is 0 Å². The van der Waals surface area contributed by atoms with Crippen LogP contribution in [0, 0.1) is 5.92 Å². The third kappa shape index (κ3) is 3.37. The molecular weight excluding hydrogens is 160 g/mol. The fourth-order valence-corrected chi connectivity index (χ4v) is 0.741. The molecule has 0 rings (SSSR count). The largest absolute Gasteiger partial charge is 0.469 e. The third-order valence-electron chi connectivity index (χ3n) is 1.63. The number of hydrogen-bond acceptors (Lipinski definition) is 4. The first-order valence-electron chi connectivity index (χ1n) is 3.74. The maximum Gasteiger partial charge on any atom is 0.312 e. The van der Waals surface area contributed by atoms with Crippen LogP contribution in [0.4, 0.5) is 0 Å². The number of carbonyl (C=O) groups is 2. The van der Waals surface area contributed by atoms with Crippen molar-refractivity contribution in [3.8, 4) is 0 Å². The first kappa shape index (κ1) is 10.9. The highest BCUT2D eigenvalue weighted by Gasteiger charge is 2.22. The van der Waals surface area contributed by atoms with Crippen LogP contribution < -0.4 is 0 Å². The first-order chi connectivity index (χ1) is 5.49. The highest BCUT2D eigenvalue weighted by atomic mass is 16.6. The lowest BCUT2D eigenvalue weighted by atomic mass is 10.1. The van der Waals surface area contributed by atoms with Crippen LogP contribution in [0.15, 0.2) is 0 Å². The molecule has 2 atom stereocenters. The third-order valence-corrected chi connectivity index (χ3v) is 1.63. The molecule has 0 saturated heterocycles. The second-order valence-corrected chi connectivity index (χ2v) is 2.63.